The zero-order valence-electron chi connectivity index (χ0n) is 47.0. The molecule has 6 heterocycles. The number of hydrogen-bond acceptors (Lipinski definition) is 4. The fourth-order valence-electron chi connectivity index (χ4n) is 14.4. The highest BCUT2D eigenvalue weighted by atomic mass is 32.1. The van der Waals surface area contributed by atoms with Crippen molar-refractivity contribution in [2.45, 2.75) is 26.2 Å². The number of fused-ring (bicyclic) bond motifs is 20. The summed E-state index contributed by atoms with van der Waals surface area (Å²) < 4.78 is 18.7. The first-order chi connectivity index (χ1) is 42.3. The van der Waals surface area contributed by atoms with Crippen LogP contribution in [0.4, 0.5) is 0 Å². The van der Waals surface area contributed by atoms with Crippen molar-refractivity contribution in [2.24, 2.45) is 0 Å². The zero-order chi connectivity index (χ0) is 57.3. The fourth-order valence-corrected chi connectivity index (χ4v) is 15.7. The summed E-state index contributed by atoms with van der Waals surface area (Å²) in [6.45, 7) is 6.72. The van der Waals surface area contributed by atoms with E-state index in [-0.39, 0.29) is 5.41 Å². The van der Waals surface area contributed by atoms with Crippen LogP contribution in [0.5, 0.6) is 0 Å². The Bertz CT molecular complexity index is 5840. The van der Waals surface area contributed by atoms with Crippen molar-refractivity contribution in [1.29, 1.82) is 10.5 Å². The lowest BCUT2D eigenvalue weighted by Crippen LogP contribution is -2.17. The minimum Gasteiger partial charge on any atom is -0.454 e. The number of hydrogen-bond donors (Lipinski definition) is 0. The third-order valence-corrected chi connectivity index (χ3v) is 19.4. The summed E-state index contributed by atoms with van der Waals surface area (Å²) >= 11 is 1.78. The lowest BCUT2D eigenvalue weighted by molar-refractivity contribution is 0.591. The van der Waals surface area contributed by atoms with Gasteiger partial charge in [-0.05, 0) is 88.8 Å². The Morgan fingerprint density at radius 1 is 0.349 bits per heavy atom. The highest BCUT2D eigenvalue weighted by Crippen LogP contribution is 2.52. The van der Waals surface area contributed by atoms with Gasteiger partial charge in [0.15, 0.2) is 5.58 Å². The first-order valence-electron chi connectivity index (χ1n) is 29.1. The van der Waals surface area contributed by atoms with Crippen LogP contribution < -0.4 is 0 Å². The van der Waals surface area contributed by atoms with Gasteiger partial charge in [-0.2, -0.15) is 10.5 Å². The Morgan fingerprint density at radius 2 is 0.814 bits per heavy atom. The Labute approximate surface area is 496 Å². The SMILES string of the molecule is CC(C)(C)c1ccc2c(c1)c1ccc3c4ccccc4oc3c1n2-c1c(C#N)c(-n2c3ccccc3c3ccccc32)c(-n2c3ccc(-c4ccccc4)cc3c3ccc4c5ccccc5sc4c32)c(-n2c3ccccc3c3ccccc32)c1C#N. The van der Waals surface area contributed by atoms with E-state index in [2.05, 4.69) is 270 Å². The molecule has 0 amide bonds. The molecule has 0 N–H and O–H groups in total. The van der Waals surface area contributed by atoms with Crippen molar-refractivity contribution in [3.05, 3.63) is 253 Å². The van der Waals surface area contributed by atoms with E-state index >= 15 is 0 Å². The second kappa shape index (κ2) is 17.7. The topological polar surface area (TPSA) is 80.4 Å². The van der Waals surface area contributed by atoms with Crippen LogP contribution in [-0.2, 0) is 5.41 Å². The summed E-state index contributed by atoms with van der Waals surface area (Å²) in [6, 6.07) is 90.0. The van der Waals surface area contributed by atoms with E-state index in [0.29, 0.717) is 39.5 Å². The Hall–Kier alpha value is -11.2. The van der Waals surface area contributed by atoms with E-state index in [4.69, 9.17) is 4.42 Å². The number of benzene rings is 12. The van der Waals surface area contributed by atoms with E-state index < -0.39 is 0 Å². The van der Waals surface area contributed by atoms with E-state index in [1.165, 1.54) is 10.1 Å². The van der Waals surface area contributed by atoms with Crippen molar-refractivity contribution in [1.82, 2.24) is 18.3 Å². The van der Waals surface area contributed by atoms with E-state index in [1.807, 2.05) is 18.2 Å². The van der Waals surface area contributed by atoms with Crippen LogP contribution >= 0.6 is 11.3 Å². The molecule has 0 bridgehead atoms. The highest BCUT2D eigenvalue weighted by Gasteiger charge is 2.36. The molecule has 18 rings (SSSR count). The molecule has 86 heavy (non-hydrogen) atoms. The average Bonchev–Trinajstić information content (AvgIpc) is 1.52. The van der Waals surface area contributed by atoms with Crippen LogP contribution in [0.15, 0.2) is 241 Å². The smallest absolute Gasteiger partial charge is 0.160 e. The van der Waals surface area contributed by atoms with Crippen molar-refractivity contribution in [2.75, 3.05) is 0 Å². The first-order valence-corrected chi connectivity index (χ1v) is 29.9. The molecule has 0 fully saturated rings. The zero-order valence-corrected chi connectivity index (χ0v) is 47.8. The van der Waals surface area contributed by atoms with Crippen molar-refractivity contribution in [3.8, 4) is 46.0 Å². The molecule has 12 aromatic carbocycles. The number of para-hydroxylation sites is 5. The van der Waals surface area contributed by atoms with Crippen molar-refractivity contribution >= 4 is 141 Å². The molecule has 8 heteroatoms. The summed E-state index contributed by atoms with van der Waals surface area (Å²) in [6.07, 6.45) is 0. The lowest BCUT2D eigenvalue weighted by Gasteiger charge is -2.27. The van der Waals surface area contributed by atoms with Gasteiger partial charge in [-0.25, -0.2) is 0 Å². The quantitative estimate of drug-likeness (QED) is 0.172. The van der Waals surface area contributed by atoms with E-state index in [9.17, 15) is 10.5 Å². The standard InChI is InChI=1S/C78H48N6OS/c1-78(2,3)47-34-40-67-59(42-47)54-35-37-56-52-25-11-17-31-68(52)85-76(56)73(54)83(67)70-60(43-79)71(81-62-27-13-7-21-48(62)49-22-8-14-28-63(49)81)75(72(61(70)44-80)82-64-29-15-9-23-50(64)51-24-10-16-30-65(51)82)84-66-39-33-46(45-19-5-4-6-20-45)41-58(66)55-36-38-57-53-26-12-18-32-69(53)86-77(57)74(55)84/h4-42H,1-3H3. The summed E-state index contributed by atoms with van der Waals surface area (Å²) in [4.78, 5) is 0. The van der Waals surface area contributed by atoms with Gasteiger partial charge in [0.1, 0.15) is 28.8 Å². The van der Waals surface area contributed by atoms with Crippen LogP contribution in [0.25, 0.3) is 163 Å². The molecule has 0 aliphatic heterocycles. The molecular formula is C78H48N6OS. The Kier molecular flexibility index (Phi) is 9.95. The second-order valence-corrected chi connectivity index (χ2v) is 24.8. The molecule has 0 saturated carbocycles. The predicted molar refractivity (Wildman–Crippen MR) is 358 cm³/mol. The van der Waals surface area contributed by atoms with Gasteiger partial charge >= 0.3 is 0 Å². The van der Waals surface area contributed by atoms with Gasteiger partial charge in [-0.3, -0.25) is 0 Å². The maximum Gasteiger partial charge on any atom is 0.160 e. The number of thiophene rings is 1. The van der Waals surface area contributed by atoms with Crippen LogP contribution in [0.1, 0.15) is 37.5 Å². The normalized spacial score (nSPS) is 12.3. The van der Waals surface area contributed by atoms with Crippen LogP contribution in [0, 0.1) is 22.7 Å². The van der Waals surface area contributed by atoms with Crippen molar-refractivity contribution < 1.29 is 4.42 Å². The molecule has 0 saturated heterocycles. The molecule has 0 atom stereocenters. The lowest BCUT2D eigenvalue weighted by atomic mass is 9.86. The minimum atomic E-state index is -0.194. The number of nitriles is 2. The third-order valence-electron chi connectivity index (χ3n) is 18.2. The fraction of sp³-hybridized carbons (Fsp3) is 0.0513. The number of nitrogens with zero attached hydrogens (tertiary/aromatic N) is 6. The molecule has 402 valence electrons. The summed E-state index contributed by atoms with van der Waals surface area (Å²) in [5, 5.41) is 38.5. The van der Waals surface area contributed by atoms with Gasteiger partial charge in [-0.1, -0.05) is 191 Å². The Balaban J connectivity index is 1.16. The van der Waals surface area contributed by atoms with Crippen LogP contribution in [0.3, 0.4) is 0 Å². The molecule has 0 spiro atoms. The maximum absolute atomic E-state index is 13.0. The molecular weight excluding hydrogens is 1070 g/mol. The average molecular weight is 1120 g/mol. The summed E-state index contributed by atoms with van der Waals surface area (Å²) in [5.41, 5.74) is 14.9. The number of rotatable bonds is 5. The summed E-state index contributed by atoms with van der Waals surface area (Å²) in [7, 11) is 0. The van der Waals surface area contributed by atoms with E-state index in [1.54, 1.807) is 11.3 Å². The number of aromatic nitrogens is 4. The minimum absolute atomic E-state index is 0.194. The third kappa shape index (κ3) is 6.48. The number of furan rings is 1. The molecule has 6 aromatic heterocycles. The highest BCUT2D eigenvalue weighted by molar-refractivity contribution is 7.26. The van der Waals surface area contributed by atoms with Crippen LogP contribution in [0.2, 0.25) is 0 Å². The van der Waals surface area contributed by atoms with Crippen LogP contribution in [-0.4, -0.2) is 18.3 Å². The van der Waals surface area contributed by atoms with Gasteiger partial charge in [0.05, 0.1) is 71.6 Å². The molecule has 18 aromatic rings. The molecule has 0 unspecified atom stereocenters. The van der Waals surface area contributed by atoms with Gasteiger partial charge in [-0.15, -0.1) is 11.3 Å². The largest absolute Gasteiger partial charge is 0.454 e. The predicted octanol–water partition coefficient (Wildman–Crippen LogP) is 21.1. The van der Waals surface area contributed by atoms with Gasteiger partial charge < -0.3 is 22.7 Å². The van der Waals surface area contributed by atoms with Gasteiger partial charge in [0.2, 0.25) is 0 Å². The van der Waals surface area contributed by atoms with E-state index in [0.717, 1.165) is 130 Å². The molecule has 0 radical (unpaired) electrons. The van der Waals surface area contributed by atoms with Crippen molar-refractivity contribution in [3.63, 3.8) is 0 Å². The first kappa shape index (κ1) is 48.4. The molecule has 7 nitrogen and oxygen atoms in total. The Morgan fingerprint density at radius 3 is 1.41 bits per heavy atom. The molecule has 0 aliphatic rings. The summed E-state index contributed by atoms with van der Waals surface area (Å²) in [5.74, 6) is 0. The second-order valence-electron chi connectivity index (χ2n) is 23.7. The van der Waals surface area contributed by atoms with Gasteiger partial charge in [0.25, 0.3) is 0 Å². The monoisotopic (exact) mass is 1120 g/mol. The maximum atomic E-state index is 13.0. The van der Waals surface area contributed by atoms with Gasteiger partial charge in [0, 0.05) is 69.3 Å². The molecule has 0 aliphatic carbocycles.